The fraction of sp³-hybridized carbons (Fsp3) is 0.368. The van der Waals surface area contributed by atoms with Crippen molar-refractivity contribution in [1.82, 2.24) is 9.88 Å². The fourth-order valence-corrected chi connectivity index (χ4v) is 3.79. The number of carbonyl (C=O) groups excluding carboxylic acids is 1. The summed E-state index contributed by atoms with van der Waals surface area (Å²) < 4.78 is 0. The van der Waals surface area contributed by atoms with Crippen LogP contribution in [0.25, 0.3) is 0 Å². The third-order valence-corrected chi connectivity index (χ3v) is 5.03. The molecule has 118 valence electrons. The zero-order valence-electron chi connectivity index (χ0n) is 12.9. The van der Waals surface area contributed by atoms with E-state index in [9.17, 15) is 4.79 Å². The van der Waals surface area contributed by atoms with Gasteiger partial charge in [-0.2, -0.15) is 0 Å². The van der Waals surface area contributed by atoms with Crippen molar-refractivity contribution in [2.24, 2.45) is 0 Å². The number of halogens is 1. The average molecular weight is 327 g/mol. The van der Waals surface area contributed by atoms with Crippen LogP contribution in [-0.2, 0) is 6.42 Å². The number of aromatic nitrogens is 1. The maximum absolute atomic E-state index is 13.1. The van der Waals surface area contributed by atoms with Crippen molar-refractivity contribution >= 4 is 17.5 Å². The van der Waals surface area contributed by atoms with Crippen LogP contribution in [0.1, 0.15) is 53.2 Å². The summed E-state index contributed by atoms with van der Waals surface area (Å²) in [4.78, 5) is 19.2. The highest BCUT2D eigenvalue weighted by Crippen LogP contribution is 2.41. The summed E-state index contributed by atoms with van der Waals surface area (Å²) in [5, 5.41) is 0.371. The lowest BCUT2D eigenvalue weighted by molar-refractivity contribution is 0.0638. The van der Waals surface area contributed by atoms with Crippen molar-refractivity contribution < 1.29 is 4.79 Å². The molecular formula is C19H19ClN2O. The Bertz CT molecular complexity index is 742. The molecule has 1 fully saturated rings. The first-order chi connectivity index (χ1) is 11.2. The van der Waals surface area contributed by atoms with Crippen molar-refractivity contribution in [3.8, 4) is 0 Å². The lowest BCUT2D eigenvalue weighted by Crippen LogP contribution is -2.38. The van der Waals surface area contributed by atoms with Crippen LogP contribution in [0.2, 0.25) is 5.15 Å². The number of hydrogen-bond donors (Lipinski definition) is 0. The van der Waals surface area contributed by atoms with Gasteiger partial charge in [0.1, 0.15) is 5.15 Å². The number of fused-ring (bicyclic) bond motifs is 1. The number of aryl methyl sites for hydroxylation is 1. The van der Waals surface area contributed by atoms with Gasteiger partial charge in [0.2, 0.25) is 0 Å². The van der Waals surface area contributed by atoms with Gasteiger partial charge in [0, 0.05) is 17.8 Å². The largest absolute Gasteiger partial charge is 0.329 e. The van der Waals surface area contributed by atoms with E-state index < -0.39 is 0 Å². The van der Waals surface area contributed by atoms with Crippen molar-refractivity contribution in [3.63, 3.8) is 0 Å². The van der Waals surface area contributed by atoms with Crippen LogP contribution in [0.5, 0.6) is 0 Å². The second-order valence-corrected chi connectivity index (χ2v) is 6.80. The van der Waals surface area contributed by atoms with Gasteiger partial charge in [-0.1, -0.05) is 35.9 Å². The van der Waals surface area contributed by atoms with Gasteiger partial charge in [-0.05, 0) is 55.4 Å². The van der Waals surface area contributed by atoms with E-state index in [2.05, 4.69) is 34.1 Å². The van der Waals surface area contributed by atoms with E-state index in [1.165, 1.54) is 11.1 Å². The molecule has 0 bridgehead atoms. The molecule has 2 aliphatic carbocycles. The maximum Gasteiger partial charge on any atom is 0.254 e. The molecule has 1 atom stereocenters. The molecule has 1 heterocycles. The van der Waals surface area contributed by atoms with Gasteiger partial charge >= 0.3 is 0 Å². The highest BCUT2D eigenvalue weighted by atomic mass is 35.5. The number of amides is 1. The zero-order valence-corrected chi connectivity index (χ0v) is 13.7. The predicted molar refractivity (Wildman–Crippen MR) is 90.6 cm³/mol. The quantitative estimate of drug-likeness (QED) is 0.782. The molecule has 1 aromatic carbocycles. The molecule has 0 N–H and O–H groups in total. The number of hydrogen-bond acceptors (Lipinski definition) is 2. The maximum atomic E-state index is 13.1. The average Bonchev–Trinajstić information content (AvgIpc) is 3.40. The first kappa shape index (κ1) is 14.7. The monoisotopic (exact) mass is 326 g/mol. The molecule has 3 nitrogen and oxygen atoms in total. The standard InChI is InChI=1S/C19H19ClN2O/c20-18-12-14(10-11-21-18)19(23)22(15-8-9-15)17-7-3-5-13-4-1-2-6-16(13)17/h1-2,4,6,10-12,15,17H,3,5,7-9H2. The van der Waals surface area contributed by atoms with Gasteiger partial charge < -0.3 is 4.90 Å². The summed E-state index contributed by atoms with van der Waals surface area (Å²) in [5.74, 6) is 0.0819. The van der Waals surface area contributed by atoms with Gasteiger partial charge in [-0.25, -0.2) is 4.98 Å². The van der Waals surface area contributed by atoms with Gasteiger partial charge in [0.15, 0.2) is 0 Å². The number of benzene rings is 1. The molecule has 0 spiro atoms. The Labute approximate surface area is 141 Å². The minimum Gasteiger partial charge on any atom is -0.329 e. The molecule has 1 amide bonds. The Morgan fingerprint density at radius 1 is 1.17 bits per heavy atom. The SMILES string of the molecule is O=C(c1ccnc(Cl)c1)N(C1CC1)C1CCCc2ccccc21. The summed E-state index contributed by atoms with van der Waals surface area (Å²) in [6.45, 7) is 0. The Morgan fingerprint density at radius 3 is 2.78 bits per heavy atom. The Kier molecular flexibility index (Phi) is 3.82. The molecule has 0 aliphatic heterocycles. The summed E-state index contributed by atoms with van der Waals surface area (Å²) in [7, 11) is 0. The number of carbonyl (C=O) groups is 1. The van der Waals surface area contributed by atoms with Crippen LogP contribution in [0.15, 0.2) is 42.6 Å². The second-order valence-electron chi connectivity index (χ2n) is 6.42. The Morgan fingerprint density at radius 2 is 2.00 bits per heavy atom. The molecule has 4 rings (SSSR count). The third kappa shape index (κ3) is 2.86. The van der Waals surface area contributed by atoms with E-state index in [-0.39, 0.29) is 11.9 Å². The zero-order chi connectivity index (χ0) is 15.8. The minimum absolute atomic E-state index is 0.0819. The molecule has 23 heavy (non-hydrogen) atoms. The number of nitrogens with zero attached hydrogens (tertiary/aromatic N) is 2. The van der Waals surface area contributed by atoms with Crippen LogP contribution in [0, 0.1) is 0 Å². The third-order valence-electron chi connectivity index (χ3n) is 4.82. The second kappa shape index (κ2) is 5.97. The summed E-state index contributed by atoms with van der Waals surface area (Å²) in [6, 6.07) is 12.5. The van der Waals surface area contributed by atoms with E-state index in [1.807, 2.05) is 0 Å². The molecule has 0 radical (unpaired) electrons. The lowest BCUT2D eigenvalue weighted by atomic mass is 9.86. The molecule has 2 aromatic rings. The number of rotatable bonds is 3. The predicted octanol–water partition coefficient (Wildman–Crippen LogP) is 4.42. The van der Waals surface area contributed by atoms with Crippen molar-refractivity contribution in [2.75, 3.05) is 0 Å². The summed E-state index contributed by atoms with van der Waals surface area (Å²) >= 11 is 5.97. The van der Waals surface area contributed by atoms with E-state index in [0.29, 0.717) is 16.8 Å². The van der Waals surface area contributed by atoms with Crippen molar-refractivity contribution in [2.45, 2.75) is 44.2 Å². The molecule has 0 saturated heterocycles. The van der Waals surface area contributed by atoms with Gasteiger partial charge in [0.05, 0.1) is 6.04 Å². The van der Waals surface area contributed by atoms with Gasteiger partial charge in [0.25, 0.3) is 5.91 Å². The van der Waals surface area contributed by atoms with Crippen LogP contribution >= 0.6 is 11.6 Å². The molecule has 4 heteroatoms. The highest BCUT2D eigenvalue weighted by Gasteiger charge is 2.39. The van der Waals surface area contributed by atoms with Gasteiger partial charge in [-0.3, -0.25) is 4.79 Å². The Balaban J connectivity index is 1.71. The molecule has 1 aromatic heterocycles. The summed E-state index contributed by atoms with van der Waals surface area (Å²) in [6.07, 6.45) is 7.09. The molecule has 1 saturated carbocycles. The lowest BCUT2D eigenvalue weighted by Gasteiger charge is -2.36. The van der Waals surface area contributed by atoms with E-state index >= 15 is 0 Å². The highest BCUT2D eigenvalue weighted by molar-refractivity contribution is 6.29. The molecule has 1 unspecified atom stereocenters. The first-order valence-corrected chi connectivity index (χ1v) is 8.64. The van der Waals surface area contributed by atoms with E-state index in [0.717, 1.165) is 32.1 Å². The van der Waals surface area contributed by atoms with Crippen LogP contribution < -0.4 is 0 Å². The molecular weight excluding hydrogens is 308 g/mol. The van der Waals surface area contributed by atoms with Crippen LogP contribution in [0.3, 0.4) is 0 Å². The normalized spacial score (nSPS) is 20.0. The van der Waals surface area contributed by atoms with Crippen LogP contribution in [0.4, 0.5) is 0 Å². The van der Waals surface area contributed by atoms with Crippen LogP contribution in [-0.4, -0.2) is 21.8 Å². The van der Waals surface area contributed by atoms with Crippen molar-refractivity contribution in [3.05, 3.63) is 64.4 Å². The van der Waals surface area contributed by atoms with E-state index in [1.54, 1.807) is 18.3 Å². The van der Waals surface area contributed by atoms with Crippen molar-refractivity contribution in [1.29, 1.82) is 0 Å². The van der Waals surface area contributed by atoms with Gasteiger partial charge in [-0.15, -0.1) is 0 Å². The topological polar surface area (TPSA) is 33.2 Å². The first-order valence-electron chi connectivity index (χ1n) is 8.26. The number of pyridine rings is 1. The summed E-state index contributed by atoms with van der Waals surface area (Å²) in [5.41, 5.74) is 3.34. The molecule has 2 aliphatic rings. The Hall–Kier alpha value is -1.87. The smallest absolute Gasteiger partial charge is 0.254 e. The van der Waals surface area contributed by atoms with E-state index in [4.69, 9.17) is 11.6 Å². The minimum atomic E-state index is 0.0819. The fourth-order valence-electron chi connectivity index (χ4n) is 3.62.